The number of nitrogens with zero attached hydrogens (tertiary/aromatic N) is 3. The van der Waals surface area contributed by atoms with E-state index in [1.54, 1.807) is 12.1 Å². The molecular formula is C19H18Cl2N4O. The predicted octanol–water partition coefficient (Wildman–Crippen LogP) is 3.47. The van der Waals surface area contributed by atoms with Gasteiger partial charge in [-0.1, -0.05) is 53.5 Å². The van der Waals surface area contributed by atoms with Gasteiger partial charge in [0.05, 0.1) is 10.7 Å². The molecule has 1 saturated heterocycles. The predicted molar refractivity (Wildman–Crippen MR) is 105 cm³/mol. The molecule has 0 spiro atoms. The molecule has 1 amide bonds. The van der Waals surface area contributed by atoms with E-state index in [0.29, 0.717) is 27.0 Å². The molecule has 0 radical (unpaired) electrons. The van der Waals surface area contributed by atoms with Gasteiger partial charge in [-0.2, -0.15) is 5.10 Å². The van der Waals surface area contributed by atoms with Crippen molar-refractivity contribution in [3.8, 4) is 0 Å². The molecule has 2 aromatic carbocycles. The van der Waals surface area contributed by atoms with Crippen molar-refractivity contribution < 1.29 is 4.79 Å². The van der Waals surface area contributed by atoms with Crippen molar-refractivity contribution in [1.29, 1.82) is 0 Å². The van der Waals surface area contributed by atoms with E-state index in [1.807, 2.05) is 11.1 Å². The quantitative estimate of drug-likeness (QED) is 0.875. The highest BCUT2D eigenvalue weighted by Crippen LogP contribution is 2.34. The molecule has 0 aromatic heterocycles. The summed E-state index contributed by atoms with van der Waals surface area (Å²) in [5, 5.41) is 10.2. The molecule has 1 fully saturated rings. The number of carbonyl (C=O) groups excluding carboxylic acids is 1. The third-order valence-corrected chi connectivity index (χ3v) is 5.12. The van der Waals surface area contributed by atoms with Crippen LogP contribution in [-0.4, -0.2) is 47.7 Å². The maximum absolute atomic E-state index is 12.3. The number of carbonyl (C=O) groups is 1. The fourth-order valence-electron chi connectivity index (χ4n) is 3.26. The van der Waals surface area contributed by atoms with Crippen LogP contribution in [0.5, 0.6) is 0 Å². The average molecular weight is 389 g/mol. The molecule has 5 nitrogen and oxygen atoms in total. The van der Waals surface area contributed by atoms with E-state index in [0.717, 1.165) is 32.7 Å². The van der Waals surface area contributed by atoms with Crippen LogP contribution in [0.3, 0.4) is 0 Å². The van der Waals surface area contributed by atoms with Gasteiger partial charge in [0.1, 0.15) is 0 Å². The number of hydrogen-bond acceptors (Lipinski definition) is 4. The molecule has 7 heteroatoms. The fraction of sp³-hybridized carbons (Fsp3) is 0.263. The van der Waals surface area contributed by atoms with Crippen molar-refractivity contribution in [2.75, 3.05) is 31.5 Å². The second-order valence-corrected chi connectivity index (χ2v) is 7.27. The smallest absolute Gasteiger partial charge is 0.276 e. The lowest BCUT2D eigenvalue weighted by atomic mass is 10.1. The van der Waals surface area contributed by atoms with Gasteiger partial charge in [0.15, 0.2) is 5.71 Å². The topological polar surface area (TPSA) is 47.9 Å². The number of fused-ring (bicyclic) bond motifs is 1. The van der Waals surface area contributed by atoms with Gasteiger partial charge in [-0.15, -0.1) is 0 Å². The van der Waals surface area contributed by atoms with E-state index >= 15 is 0 Å². The van der Waals surface area contributed by atoms with Crippen LogP contribution in [0.2, 0.25) is 10.0 Å². The minimum absolute atomic E-state index is 0.240. The van der Waals surface area contributed by atoms with Gasteiger partial charge >= 0.3 is 0 Å². The van der Waals surface area contributed by atoms with Gasteiger partial charge in [0.25, 0.3) is 5.91 Å². The van der Waals surface area contributed by atoms with Crippen LogP contribution in [0.15, 0.2) is 47.6 Å². The molecule has 26 heavy (non-hydrogen) atoms. The molecular weight excluding hydrogens is 371 g/mol. The van der Waals surface area contributed by atoms with Gasteiger partial charge in [-0.3, -0.25) is 14.7 Å². The Balaban J connectivity index is 1.45. The summed E-state index contributed by atoms with van der Waals surface area (Å²) in [6, 6.07) is 13.8. The summed E-state index contributed by atoms with van der Waals surface area (Å²) in [6.45, 7) is 4.27. The number of hydrogen-bond donors (Lipinski definition) is 1. The molecule has 134 valence electrons. The summed E-state index contributed by atoms with van der Waals surface area (Å²) in [5.41, 5.74) is 2.93. The number of amides is 1. The molecule has 0 bridgehead atoms. The van der Waals surface area contributed by atoms with E-state index in [2.05, 4.69) is 39.6 Å². The van der Waals surface area contributed by atoms with Crippen LogP contribution in [0.4, 0.5) is 5.69 Å². The number of piperazine rings is 1. The second-order valence-electron chi connectivity index (χ2n) is 6.43. The Morgan fingerprint density at radius 3 is 2.50 bits per heavy atom. The largest absolute Gasteiger partial charge is 0.319 e. The van der Waals surface area contributed by atoms with Gasteiger partial charge in [0, 0.05) is 43.3 Å². The number of hydrazone groups is 1. The van der Waals surface area contributed by atoms with Crippen molar-refractivity contribution in [2.45, 2.75) is 6.54 Å². The van der Waals surface area contributed by atoms with Crippen LogP contribution >= 0.6 is 23.2 Å². The number of halogens is 2. The second kappa shape index (κ2) is 7.27. The van der Waals surface area contributed by atoms with E-state index in [-0.39, 0.29) is 5.91 Å². The molecule has 0 saturated carbocycles. The molecule has 4 rings (SSSR count). The number of rotatable bonds is 3. The van der Waals surface area contributed by atoms with Gasteiger partial charge in [0.2, 0.25) is 0 Å². The first kappa shape index (κ1) is 17.3. The molecule has 1 N–H and O–H groups in total. The fourth-order valence-corrected chi connectivity index (χ4v) is 3.80. The maximum atomic E-state index is 12.3. The molecule has 2 aliphatic heterocycles. The van der Waals surface area contributed by atoms with Crippen LogP contribution in [0.25, 0.3) is 0 Å². The Morgan fingerprint density at radius 2 is 1.77 bits per heavy atom. The molecule has 0 unspecified atom stereocenters. The molecule has 2 aliphatic rings. The van der Waals surface area contributed by atoms with E-state index in [4.69, 9.17) is 23.2 Å². The highest BCUT2D eigenvalue weighted by atomic mass is 35.5. The molecule has 0 aliphatic carbocycles. The SMILES string of the molecule is O=C1Nc2c(Cl)cc(Cl)cc2/C1=N\N1CCN(Cc2ccccc2)CC1. The van der Waals surface area contributed by atoms with Crippen molar-refractivity contribution in [3.63, 3.8) is 0 Å². The minimum Gasteiger partial charge on any atom is -0.319 e. The van der Waals surface area contributed by atoms with Gasteiger partial charge in [-0.05, 0) is 17.7 Å². The first-order valence-corrected chi connectivity index (χ1v) is 9.26. The zero-order valence-corrected chi connectivity index (χ0v) is 15.6. The summed E-state index contributed by atoms with van der Waals surface area (Å²) < 4.78 is 0. The highest BCUT2D eigenvalue weighted by molar-refractivity contribution is 6.56. The monoisotopic (exact) mass is 388 g/mol. The summed E-state index contributed by atoms with van der Waals surface area (Å²) in [4.78, 5) is 14.7. The van der Waals surface area contributed by atoms with Crippen molar-refractivity contribution >= 4 is 40.5 Å². The third kappa shape index (κ3) is 3.56. The summed E-state index contributed by atoms with van der Waals surface area (Å²) in [5.74, 6) is -0.240. The van der Waals surface area contributed by atoms with E-state index in [9.17, 15) is 4.79 Å². The molecule has 2 aromatic rings. The zero-order valence-electron chi connectivity index (χ0n) is 14.1. The standard InChI is InChI=1S/C19H18Cl2N4O/c20-14-10-15-17(16(21)11-14)22-19(26)18(15)23-25-8-6-24(7-9-25)12-13-4-2-1-3-5-13/h1-5,10-11H,6-9,12H2,(H,22,23,26). The average Bonchev–Trinajstić information content (AvgIpc) is 2.94. The van der Waals surface area contributed by atoms with Crippen LogP contribution in [0.1, 0.15) is 11.1 Å². The first-order chi connectivity index (χ1) is 12.6. The van der Waals surface area contributed by atoms with E-state index < -0.39 is 0 Å². The molecule has 0 atom stereocenters. The van der Waals surface area contributed by atoms with Crippen molar-refractivity contribution in [1.82, 2.24) is 9.91 Å². The maximum Gasteiger partial charge on any atom is 0.276 e. The Bertz CT molecular complexity index is 861. The van der Waals surface area contributed by atoms with Crippen LogP contribution in [0, 0.1) is 0 Å². The zero-order chi connectivity index (χ0) is 18.1. The minimum atomic E-state index is -0.240. The first-order valence-electron chi connectivity index (χ1n) is 8.51. The van der Waals surface area contributed by atoms with E-state index in [1.165, 1.54) is 5.56 Å². The number of nitrogens with one attached hydrogen (secondary N) is 1. The lowest BCUT2D eigenvalue weighted by Crippen LogP contribution is -2.44. The Morgan fingerprint density at radius 1 is 1.04 bits per heavy atom. The Labute approximate surface area is 162 Å². The van der Waals surface area contributed by atoms with Crippen molar-refractivity contribution in [2.24, 2.45) is 5.10 Å². The van der Waals surface area contributed by atoms with Gasteiger partial charge < -0.3 is 5.32 Å². The number of benzene rings is 2. The Hall–Kier alpha value is -2.08. The lowest BCUT2D eigenvalue weighted by Gasteiger charge is -2.33. The third-order valence-electron chi connectivity index (χ3n) is 4.60. The molecule has 2 heterocycles. The Kier molecular flexibility index (Phi) is 4.85. The van der Waals surface area contributed by atoms with Crippen LogP contribution in [-0.2, 0) is 11.3 Å². The normalized spacial score (nSPS) is 18.9. The van der Waals surface area contributed by atoms with Gasteiger partial charge in [-0.25, -0.2) is 0 Å². The summed E-state index contributed by atoms with van der Waals surface area (Å²) >= 11 is 12.3. The van der Waals surface area contributed by atoms with Crippen molar-refractivity contribution in [3.05, 3.63) is 63.6 Å². The number of anilines is 1. The summed E-state index contributed by atoms with van der Waals surface area (Å²) in [7, 11) is 0. The lowest BCUT2D eigenvalue weighted by molar-refractivity contribution is -0.110. The summed E-state index contributed by atoms with van der Waals surface area (Å²) in [6.07, 6.45) is 0. The highest BCUT2D eigenvalue weighted by Gasteiger charge is 2.30. The van der Waals surface area contributed by atoms with Crippen LogP contribution < -0.4 is 5.32 Å².